The summed E-state index contributed by atoms with van der Waals surface area (Å²) in [5.41, 5.74) is 3.79. The minimum absolute atomic E-state index is 0.462. The number of aryl methyl sites for hydroxylation is 2. The van der Waals surface area contributed by atoms with Gasteiger partial charge in [0, 0.05) is 5.56 Å². The molecule has 0 radical (unpaired) electrons. The Kier molecular flexibility index (Phi) is 3.71. The van der Waals surface area contributed by atoms with Crippen molar-refractivity contribution in [1.29, 1.82) is 0 Å². The van der Waals surface area contributed by atoms with Gasteiger partial charge < -0.3 is 4.74 Å². The van der Waals surface area contributed by atoms with Gasteiger partial charge in [-0.1, -0.05) is 44.2 Å². The molecular weight excluding hydrogens is 220 g/mol. The van der Waals surface area contributed by atoms with E-state index >= 15 is 0 Å². The largest absolute Gasteiger partial charge is 0.457 e. The Morgan fingerprint density at radius 1 is 0.833 bits per heavy atom. The van der Waals surface area contributed by atoms with Crippen molar-refractivity contribution in [3.05, 3.63) is 59.2 Å². The van der Waals surface area contributed by atoms with Crippen LogP contribution >= 0.6 is 0 Å². The molecule has 0 aliphatic heterocycles. The third kappa shape index (κ3) is 2.56. The van der Waals surface area contributed by atoms with Crippen LogP contribution in [0.3, 0.4) is 0 Å². The van der Waals surface area contributed by atoms with E-state index in [0.717, 1.165) is 11.5 Å². The molecular formula is C17H20O. The van der Waals surface area contributed by atoms with Crippen LogP contribution in [-0.4, -0.2) is 0 Å². The molecule has 0 fully saturated rings. The first-order valence-corrected chi connectivity index (χ1v) is 6.42. The number of hydrogen-bond acceptors (Lipinski definition) is 1. The second-order valence-corrected chi connectivity index (χ2v) is 5.01. The molecule has 2 aromatic carbocycles. The first kappa shape index (κ1) is 12.7. The van der Waals surface area contributed by atoms with Crippen LogP contribution in [-0.2, 0) is 0 Å². The minimum Gasteiger partial charge on any atom is -0.457 e. The van der Waals surface area contributed by atoms with Crippen molar-refractivity contribution < 1.29 is 4.74 Å². The van der Waals surface area contributed by atoms with Gasteiger partial charge in [0.05, 0.1) is 0 Å². The van der Waals surface area contributed by atoms with E-state index in [-0.39, 0.29) is 0 Å². The monoisotopic (exact) mass is 240 g/mol. The van der Waals surface area contributed by atoms with Gasteiger partial charge in [-0.05, 0) is 43.0 Å². The van der Waals surface area contributed by atoms with Crippen molar-refractivity contribution in [2.24, 2.45) is 0 Å². The smallest absolute Gasteiger partial charge is 0.134 e. The highest BCUT2D eigenvalue weighted by Gasteiger charge is 2.14. The summed E-state index contributed by atoms with van der Waals surface area (Å²) in [5.74, 6) is 2.37. The zero-order valence-corrected chi connectivity index (χ0v) is 11.5. The Morgan fingerprint density at radius 3 is 2.06 bits per heavy atom. The van der Waals surface area contributed by atoms with Gasteiger partial charge in [0.2, 0.25) is 0 Å². The number of para-hydroxylation sites is 1. The maximum Gasteiger partial charge on any atom is 0.134 e. The molecule has 0 amide bonds. The fourth-order valence-corrected chi connectivity index (χ4v) is 2.27. The predicted octanol–water partition coefficient (Wildman–Crippen LogP) is 5.22. The molecule has 0 saturated carbocycles. The third-order valence-corrected chi connectivity index (χ3v) is 3.15. The number of hydrogen-bond donors (Lipinski definition) is 0. The van der Waals surface area contributed by atoms with Gasteiger partial charge in [-0.2, -0.15) is 0 Å². The maximum absolute atomic E-state index is 6.08. The van der Waals surface area contributed by atoms with E-state index in [1.165, 1.54) is 16.7 Å². The summed E-state index contributed by atoms with van der Waals surface area (Å²) in [5, 5.41) is 0. The van der Waals surface area contributed by atoms with Gasteiger partial charge in [0.15, 0.2) is 0 Å². The van der Waals surface area contributed by atoms with Crippen LogP contribution in [0.5, 0.6) is 11.5 Å². The number of benzene rings is 2. The first-order chi connectivity index (χ1) is 8.59. The van der Waals surface area contributed by atoms with Crippen molar-refractivity contribution in [2.45, 2.75) is 33.6 Å². The molecule has 1 heteroatoms. The van der Waals surface area contributed by atoms with Crippen molar-refractivity contribution in [3.8, 4) is 11.5 Å². The van der Waals surface area contributed by atoms with Crippen molar-refractivity contribution in [3.63, 3.8) is 0 Å². The zero-order chi connectivity index (χ0) is 13.1. The molecule has 18 heavy (non-hydrogen) atoms. The Morgan fingerprint density at radius 2 is 1.44 bits per heavy atom. The Bertz CT molecular complexity index is 527. The van der Waals surface area contributed by atoms with E-state index in [4.69, 9.17) is 4.74 Å². The molecule has 0 heterocycles. The molecule has 0 N–H and O–H groups in total. The fourth-order valence-electron chi connectivity index (χ4n) is 2.27. The highest BCUT2D eigenvalue weighted by molar-refractivity contribution is 5.49. The first-order valence-electron chi connectivity index (χ1n) is 6.42. The second-order valence-electron chi connectivity index (χ2n) is 5.01. The van der Waals surface area contributed by atoms with E-state index < -0.39 is 0 Å². The van der Waals surface area contributed by atoms with Crippen molar-refractivity contribution in [2.75, 3.05) is 0 Å². The molecule has 0 spiro atoms. The summed E-state index contributed by atoms with van der Waals surface area (Å²) in [6, 6.07) is 14.3. The lowest BCUT2D eigenvalue weighted by Crippen LogP contribution is -1.99. The summed E-state index contributed by atoms with van der Waals surface area (Å²) in [6.45, 7) is 8.66. The summed E-state index contributed by atoms with van der Waals surface area (Å²) in [7, 11) is 0. The SMILES string of the molecule is Cc1ccc(C)c(C(C)C)c1Oc1ccccc1. The lowest BCUT2D eigenvalue weighted by Gasteiger charge is -2.18. The molecule has 2 rings (SSSR count). The topological polar surface area (TPSA) is 9.23 Å². The minimum atomic E-state index is 0.462. The second kappa shape index (κ2) is 5.26. The van der Waals surface area contributed by atoms with E-state index in [9.17, 15) is 0 Å². The molecule has 1 nitrogen and oxygen atoms in total. The third-order valence-electron chi connectivity index (χ3n) is 3.15. The molecule has 94 valence electrons. The van der Waals surface area contributed by atoms with Crippen LogP contribution in [0, 0.1) is 13.8 Å². The normalized spacial score (nSPS) is 10.7. The fraction of sp³-hybridized carbons (Fsp3) is 0.294. The Labute approximate surface area is 109 Å². The van der Waals surface area contributed by atoms with Crippen LogP contribution in [0.15, 0.2) is 42.5 Å². The lowest BCUT2D eigenvalue weighted by molar-refractivity contribution is 0.468. The van der Waals surface area contributed by atoms with Crippen LogP contribution in [0.2, 0.25) is 0 Å². The van der Waals surface area contributed by atoms with Gasteiger partial charge in [0.1, 0.15) is 11.5 Å². The van der Waals surface area contributed by atoms with Gasteiger partial charge >= 0.3 is 0 Å². The summed E-state index contributed by atoms with van der Waals surface area (Å²) < 4.78 is 6.08. The van der Waals surface area contributed by atoms with Crippen LogP contribution in [0.25, 0.3) is 0 Å². The Balaban J connectivity index is 2.46. The van der Waals surface area contributed by atoms with Gasteiger partial charge in [-0.3, -0.25) is 0 Å². The highest BCUT2D eigenvalue weighted by atomic mass is 16.5. The van der Waals surface area contributed by atoms with E-state index in [0.29, 0.717) is 5.92 Å². The molecule has 0 aromatic heterocycles. The lowest BCUT2D eigenvalue weighted by atomic mass is 9.94. The van der Waals surface area contributed by atoms with E-state index in [1.54, 1.807) is 0 Å². The maximum atomic E-state index is 6.08. The molecule has 0 bridgehead atoms. The molecule has 0 atom stereocenters. The predicted molar refractivity (Wildman–Crippen MR) is 76.5 cm³/mol. The molecule has 2 aromatic rings. The van der Waals surface area contributed by atoms with Gasteiger partial charge in [-0.15, -0.1) is 0 Å². The Hall–Kier alpha value is -1.76. The highest BCUT2D eigenvalue weighted by Crippen LogP contribution is 2.35. The standard InChI is InChI=1S/C17H20O/c1-12(2)16-13(3)10-11-14(4)17(16)18-15-8-6-5-7-9-15/h5-12H,1-4H3. The van der Waals surface area contributed by atoms with Crippen LogP contribution < -0.4 is 4.74 Å². The number of rotatable bonds is 3. The average Bonchev–Trinajstić information content (AvgIpc) is 2.35. The number of ether oxygens (including phenoxy) is 1. The summed E-state index contributed by atoms with van der Waals surface area (Å²) in [4.78, 5) is 0. The molecule has 0 aliphatic carbocycles. The van der Waals surface area contributed by atoms with Crippen molar-refractivity contribution >= 4 is 0 Å². The zero-order valence-electron chi connectivity index (χ0n) is 11.5. The van der Waals surface area contributed by atoms with Gasteiger partial charge in [0.25, 0.3) is 0 Å². The molecule has 0 saturated heterocycles. The van der Waals surface area contributed by atoms with E-state index in [1.807, 2.05) is 30.3 Å². The van der Waals surface area contributed by atoms with Crippen LogP contribution in [0.4, 0.5) is 0 Å². The van der Waals surface area contributed by atoms with Crippen molar-refractivity contribution in [1.82, 2.24) is 0 Å². The van der Waals surface area contributed by atoms with E-state index in [2.05, 4.69) is 39.8 Å². The van der Waals surface area contributed by atoms with Crippen LogP contribution in [0.1, 0.15) is 36.5 Å². The average molecular weight is 240 g/mol. The quantitative estimate of drug-likeness (QED) is 0.714. The summed E-state index contributed by atoms with van der Waals surface area (Å²) in [6.07, 6.45) is 0. The summed E-state index contributed by atoms with van der Waals surface area (Å²) >= 11 is 0. The molecule has 0 aliphatic rings. The molecule has 0 unspecified atom stereocenters. The van der Waals surface area contributed by atoms with Gasteiger partial charge in [-0.25, -0.2) is 0 Å².